The third-order valence-electron chi connectivity index (χ3n) is 3.26. The van der Waals surface area contributed by atoms with Crippen LogP contribution in [0.2, 0.25) is 5.02 Å². The SMILES string of the molecule is Cc1ccc(NC(=O)CC(C)c2ccccc2)c(Cl)c1. The van der Waals surface area contributed by atoms with Crippen molar-refractivity contribution in [1.29, 1.82) is 0 Å². The van der Waals surface area contributed by atoms with Gasteiger partial charge in [-0.25, -0.2) is 0 Å². The normalized spacial score (nSPS) is 11.9. The number of anilines is 1. The molecule has 0 aliphatic heterocycles. The Balaban J connectivity index is 1.99. The minimum absolute atomic E-state index is 0.0212. The lowest BCUT2D eigenvalue weighted by Gasteiger charge is -2.13. The fourth-order valence-electron chi connectivity index (χ4n) is 2.10. The van der Waals surface area contributed by atoms with Gasteiger partial charge in [0, 0.05) is 6.42 Å². The molecule has 0 aliphatic rings. The smallest absolute Gasteiger partial charge is 0.225 e. The molecule has 104 valence electrons. The van der Waals surface area contributed by atoms with E-state index in [1.165, 1.54) is 0 Å². The minimum atomic E-state index is -0.0212. The molecule has 2 aromatic rings. The molecular weight excluding hydrogens is 270 g/mol. The topological polar surface area (TPSA) is 29.1 Å². The molecule has 0 heterocycles. The van der Waals surface area contributed by atoms with E-state index in [1.807, 2.05) is 62.4 Å². The maximum atomic E-state index is 12.1. The largest absolute Gasteiger partial charge is 0.325 e. The van der Waals surface area contributed by atoms with Crippen LogP contribution in [0.3, 0.4) is 0 Å². The van der Waals surface area contributed by atoms with Gasteiger partial charge in [-0.05, 0) is 36.1 Å². The monoisotopic (exact) mass is 287 g/mol. The molecule has 1 unspecified atom stereocenters. The predicted octanol–water partition coefficient (Wildman–Crippen LogP) is 4.78. The van der Waals surface area contributed by atoms with E-state index >= 15 is 0 Å². The van der Waals surface area contributed by atoms with Crippen LogP contribution in [0, 0.1) is 6.92 Å². The molecule has 0 fully saturated rings. The molecule has 0 aromatic heterocycles. The van der Waals surface area contributed by atoms with Crippen LogP contribution in [-0.2, 0) is 4.79 Å². The Labute approximate surface area is 124 Å². The molecule has 0 radical (unpaired) electrons. The van der Waals surface area contributed by atoms with Gasteiger partial charge in [-0.1, -0.05) is 54.9 Å². The summed E-state index contributed by atoms with van der Waals surface area (Å²) >= 11 is 6.11. The van der Waals surface area contributed by atoms with E-state index in [1.54, 1.807) is 0 Å². The maximum absolute atomic E-state index is 12.1. The van der Waals surface area contributed by atoms with Crippen LogP contribution in [0.1, 0.15) is 30.4 Å². The zero-order valence-corrected chi connectivity index (χ0v) is 12.4. The second-order valence-electron chi connectivity index (χ2n) is 5.05. The molecule has 2 rings (SSSR count). The van der Waals surface area contributed by atoms with Crippen molar-refractivity contribution in [3.8, 4) is 0 Å². The predicted molar refractivity (Wildman–Crippen MR) is 84.3 cm³/mol. The number of amides is 1. The van der Waals surface area contributed by atoms with Gasteiger partial charge in [-0.15, -0.1) is 0 Å². The summed E-state index contributed by atoms with van der Waals surface area (Å²) in [6.07, 6.45) is 0.439. The number of carbonyl (C=O) groups excluding carboxylic acids is 1. The van der Waals surface area contributed by atoms with Crippen molar-refractivity contribution in [1.82, 2.24) is 0 Å². The van der Waals surface area contributed by atoms with Gasteiger partial charge >= 0.3 is 0 Å². The number of carbonyl (C=O) groups is 1. The Morgan fingerprint density at radius 3 is 2.55 bits per heavy atom. The van der Waals surface area contributed by atoms with Crippen LogP contribution >= 0.6 is 11.6 Å². The molecule has 2 nitrogen and oxygen atoms in total. The molecule has 2 aromatic carbocycles. The van der Waals surface area contributed by atoms with E-state index in [0.29, 0.717) is 17.1 Å². The van der Waals surface area contributed by atoms with Crippen LogP contribution < -0.4 is 5.32 Å². The second kappa shape index (κ2) is 6.58. The summed E-state index contributed by atoms with van der Waals surface area (Å²) in [4.78, 5) is 12.1. The van der Waals surface area contributed by atoms with E-state index in [4.69, 9.17) is 11.6 Å². The van der Waals surface area contributed by atoms with Gasteiger partial charge in [0.25, 0.3) is 0 Å². The van der Waals surface area contributed by atoms with Gasteiger partial charge in [0.15, 0.2) is 0 Å². The quantitative estimate of drug-likeness (QED) is 0.861. The van der Waals surface area contributed by atoms with Crippen molar-refractivity contribution in [3.05, 3.63) is 64.7 Å². The summed E-state index contributed by atoms with van der Waals surface area (Å²) in [5.41, 5.74) is 2.91. The maximum Gasteiger partial charge on any atom is 0.225 e. The van der Waals surface area contributed by atoms with E-state index in [-0.39, 0.29) is 11.8 Å². The van der Waals surface area contributed by atoms with Crippen LogP contribution in [0.5, 0.6) is 0 Å². The third kappa shape index (κ3) is 3.84. The minimum Gasteiger partial charge on any atom is -0.325 e. The first kappa shape index (κ1) is 14.6. The van der Waals surface area contributed by atoms with E-state index in [2.05, 4.69) is 5.32 Å². The summed E-state index contributed by atoms with van der Waals surface area (Å²) in [5.74, 6) is 0.160. The van der Waals surface area contributed by atoms with Crippen LogP contribution in [0.4, 0.5) is 5.69 Å². The lowest BCUT2D eigenvalue weighted by Crippen LogP contribution is -2.14. The standard InChI is InChI=1S/C17H18ClNO/c1-12-8-9-16(15(18)10-12)19-17(20)11-13(2)14-6-4-3-5-7-14/h3-10,13H,11H2,1-2H3,(H,19,20). The molecular formula is C17H18ClNO. The summed E-state index contributed by atoms with van der Waals surface area (Å²) in [6.45, 7) is 4.01. The van der Waals surface area contributed by atoms with Gasteiger partial charge < -0.3 is 5.32 Å². The van der Waals surface area contributed by atoms with Gasteiger partial charge in [-0.2, -0.15) is 0 Å². The summed E-state index contributed by atoms with van der Waals surface area (Å²) in [6, 6.07) is 15.6. The molecule has 1 amide bonds. The highest BCUT2D eigenvalue weighted by Gasteiger charge is 2.12. The average Bonchev–Trinajstić information content (AvgIpc) is 2.43. The highest BCUT2D eigenvalue weighted by Crippen LogP contribution is 2.24. The molecule has 20 heavy (non-hydrogen) atoms. The fourth-order valence-corrected chi connectivity index (χ4v) is 2.38. The number of nitrogens with one attached hydrogen (secondary N) is 1. The number of rotatable bonds is 4. The average molecular weight is 288 g/mol. The zero-order chi connectivity index (χ0) is 14.5. The lowest BCUT2D eigenvalue weighted by atomic mass is 9.97. The first-order valence-corrected chi connectivity index (χ1v) is 7.05. The van der Waals surface area contributed by atoms with Crippen molar-refractivity contribution < 1.29 is 4.79 Å². The first-order chi connectivity index (χ1) is 9.56. The van der Waals surface area contributed by atoms with Crippen molar-refractivity contribution in [2.45, 2.75) is 26.2 Å². The number of halogens is 1. The zero-order valence-electron chi connectivity index (χ0n) is 11.7. The number of hydrogen-bond acceptors (Lipinski definition) is 1. The van der Waals surface area contributed by atoms with Crippen LogP contribution in [0.25, 0.3) is 0 Å². The third-order valence-corrected chi connectivity index (χ3v) is 3.57. The first-order valence-electron chi connectivity index (χ1n) is 6.67. The Morgan fingerprint density at radius 1 is 1.20 bits per heavy atom. The van der Waals surface area contributed by atoms with Gasteiger partial charge in [0.2, 0.25) is 5.91 Å². The Bertz CT molecular complexity index is 595. The highest BCUT2D eigenvalue weighted by atomic mass is 35.5. The fraction of sp³-hybridized carbons (Fsp3) is 0.235. The van der Waals surface area contributed by atoms with Crippen molar-refractivity contribution in [2.75, 3.05) is 5.32 Å². The molecule has 0 saturated carbocycles. The van der Waals surface area contributed by atoms with Crippen LogP contribution in [0.15, 0.2) is 48.5 Å². The van der Waals surface area contributed by atoms with Gasteiger partial charge in [0.1, 0.15) is 0 Å². The molecule has 3 heteroatoms. The van der Waals surface area contributed by atoms with Gasteiger partial charge in [-0.3, -0.25) is 4.79 Å². The molecule has 0 saturated heterocycles. The molecule has 1 N–H and O–H groups in total. The second-order valence-corrected chi connectivity index (χ2v) is 5.45. The lowest BCUT2D eigenvalue weighted by molar-refractivity contribution is -0.116. The van der Waals surface area contributed by atoms with Crippen molar-refractivity contribution in [2.24, 2.45) is 0 Å². The van der Waals surface area contributed by atoms with Gasteiger partial charge in [0.05, 0.1) is 10.7 Å². The Kier molecular flexibility index (Phi) is 4.80. The number of aryl methyl sites for hydroxylation is 1. The van der Waals surface area contributed by atoms with E-state index in [0.717, 1.165) is 11.1 Å². The Hall–Kier alpha value is -1.80. The van der Waals surface area contributed by atoms with E-state index < -0.39 is 0 Å². The van der Waals surface area contributed by atoms with Crippen LogP contribution in [-0.4, -0.2) is 5.91 Å². The molecule has 0 aliphatic carbocycles. The summed E-state index contributed by atoms with van der Waals surface area (Å²) < 4.78 is 0. The highest BCUT2D eigenvalue weighted by molar-refractivity contribution is 6.33. The molecule has 1 atom stereocenters. The number of benzene rings is 2. The molecule has 0 bridgehead atoms. The van der Waals surface area contributed by atoms with Crippen molar-refractivity contribution >= 4 is 23.2 Å². The summed E-state index contributed by atoms with van der Waals surface area (Å²) in [5, 5.41) is 3.44. The molecule has 0 spiro atoms. The van der Waals surface area contributed by atoms with Crippen molar-refractivity contribution in [3.63, 3.8) is 0 Å². The Morgan fingerprint density at radius 2 is 1.90 bits per heavy atom. The number of hydrogen-bond donors (Lipinski definition) is 1. The van der Waals surface area contributed by atoms with E-state index in [9.17, 15) is 4.79 Å². The summed E-state index contributed by atoms with van der Waals surface area (Å²) in [7, 11) is 0.